The van der Waals surface area contributed by atoms with Crippen molar-refractivity contribution in [3.05, 3.63) is 35.9 Å². The number of benzene rings is 1. The van der Waals surface area contributed by atoms with E-state index >= 15 is 0 Å². The summed E-state index contributed by atoms with van der Waals surface area (Å²) in [6, 6.07) is 8.19. The van der Waals surface area contributed by atoms with E-state index in [0.29, 0.717) is 19.4 Å². The van der Waals surface area contributed by atoms with Crippen LogP contribution in [0.3, 0.4) is 0 Å². The average Bonchev–Trinajstić information content (AvgIpc) is 3.22. The summed E-state index contributed by atoms with van der Waals surface area (Å²) in [5.74, 6) is 0.810. The van der Waals surface area contributed by atoms with Crippen LogP contribution in [0.1, 0.15) is 53.0 Å². The van der Waals surface area contributed by atoms with Gasteiger partial charge in [-0.2, -0.15) is 0 Å². The van der Waals surface area contributed by atoms with Gasteiger partial charge in [-0.05, 0) is 39.2 Å². The topological polar surface area (TPSA) is 75.7 Å². The molecule has 8 heteroatoms. The number of rotatable bonds is 10. The first kappa shape index (κ1) is 26.6. The van der Waals surface area contributed by atoms with E-state index in [9.17, 15) is 14.4 Å². The minimum Gasteiger partial charge on any atom is -0.458 e. The van der Waals surface area contributed by atoms with Crippen LogP contribution in [0.2, 0.25) is 0 Å². The smallest absolute Gasteiger partial charge is 0.329 e. The lowest BCUT2D eigenvalue weighted by molar-refractivity contribution is -0.159. The fraction of sp³-hybridized carbons (Fsp3) is 0.625. The number of nitrogens with one attached hydrogen (secondary N) is 1. The highest BCUT2D eigenvalue weighted by atomic mass is 33.1. The summed E-state index contributed by atoms with van der Waals surface area (Å²) in [4.78, 5) is 40.7. The van der Waals surface area contributed by atoms with Gasteiger partial charge in [0.2, 0.25) is 11.8 Å². The molecule has 1 N–H and O–H groups in total. The van der Waals surface area contributed by atoms with Crippen molar-refractivity contribution in [3.63, 3.8) is 0 Å². The number of ether oxygens (including phenoxy) is 1. The van der Waals surface area contributed by atoms with Crippen molar-refractivity contribution in [1.82, 2.24) is 10.2 Å². The molecule has 6 nitrogen and oxygen atoms in total. The van der Waals surface area contributed by atoms with Gasteiger partial charge in [-0.15, -0.1) is 0 Å². The number of esters is 1. The van der Waals surface area contributed by atoms with E-state index in [2.05, 4.69) is 12.2 Å². The molecule has 178 valence electrons. The Kier molecular flexibility index (Phi) is 10.4. The molecule has 0 aromatic heterocycles. The Morgan fingerprint density at radius 2 is 1.88 bits per heavy atom. The van der Waals surface area contributed by atoms with Crippen LogP contribution < -0.4 is 5.32 Å². The zero-order valence-electron chi connectivity index (χ0n) is 19.8. The summed E-state index contributed by atoms with van der Waals surface area (Å²) in [7, 11) is 3.42. The molecule has 0 bridgehead atoms. The lowest BCUT2D eigenvalue weighted by atomic mass is 10.0. The predicted molar refractivity (Wildman–Crippen MR) is 132 cm³/mol. The van der Waals surface area contributed by atoms with Crippen LogP contribution in [0, 0.1) is 5.92 Å². The first-order chi connectivity index (χ1) is 15.1. The highest BCUT2D eigenvalue weighted by Crippen LogP contribution is 2.26. The van der Waals surface area contributed by atoms with Gasteiger partial charge in [0.15, 0.2) is 0 Å². The number of hydrogen-bond acceptors (Lipinski definition) is 6. The normalized spacial score (nSPS) is 18.2. The van der Waals surface area contributed by atoms with Gasteiger partial charge in [-0.3, -0.25) is 9.59 Å². The third-order valence-electron chi connectivity index (χ3n) is 5.07. The third kappa shape index (κ3) is 8.35. The van der Waals surface area contributed by atoms with E-state index in [-0.39, 0.29) is 17.7 Å². The second-order valence-electron chi connectivity index (χ2n) is 9.07. The summed E-state index contributed by atoms with van der Waals surface area (Å²) in [5, 5.41) is 2.89. The molecule has 0 saturated carbocycles. The van der Waals surface area contributed by atoms with Gasteiger partial charge in [0, 0.05) is 30.4 Å². The molecule has 1 aliphatic heterocycles. The Hall–Kier alpha value is -1.67. The van der Waals surface area contributed by atoms with Crippen LogP contribution in [0.4, 0.5) is 0 Å². The molecule has 1 saturated heterocycles. The van der Waals surface area contributed by atoms with Gasteiger partial charge in [-0.25, -0.2) is 4.79 Å². The molecule has 3 atom stereocenters. The maximum atomic E-state index is 13.2. The molecule has 1 aromatic carbocycles. The van der Waals surface area contributed by atoms with Gasteiger partial charge in [0.25, 0.3) is 0 Å². The summed E-state index contributed by atoms with van der Waals surface area (Å²) in [6.45, 7) is 9.99. The second-order valence-corrected chi connectivity index (χ2v) is 11.9. The molecular formula is C24H36N2O4S2. The predicted octanol–water partition coefficient (Wildman–Crippen LogP) is 4.08. The Morgan fingerprint density at radius 1 is 1.19 bits per heavy atom. The van der Waals surface area contributed by atoms with Crippen molar-refractivity contribution >= 4 is 39.4 Å². The average molecular weight is 481 g/mol. The molecule has 1 aromatic rings. The van der Waals surface area contributed by atoms with E-state index in [1.807, 2.05) is 37.3 Å². The molecule has 1 heterocycles. The number of amides is 2. The Morgan fingerprint density at radius 3 is 2.50 bits per heavy atom. The molecule has 32 heavy (non-hydrogen) atoms. The van der Waals surface area contributed by atoms with Gasteiger partial charge in [-0.1, -0.05) is 65.8 Å². The zero-order valence-corrected chi connectivity index (χ0v) is 21.4. The minimum absolute atomic E-state index is 0.00345. The largest absolute Gasteiger partial charge is 0.458 e. The standard InChI is InChI=1S/C24H36N2O4S2/c1-6-31-32-16-17(2)22(28)26-14-10-13-20(26)21(27)25-19(23(29)30-24(3,4)5)15-18-11-8-7-9-12-18/h7-9,11-12,17,19-20H,6,10,13-16H2,1-5H3,(H,25,27)/t17?,19-,20-/m0/s1. The first-order valence-electron chi connectivity index (χ1n) is 11.2. The van der Waals surface area contributed by atoms with Crippen molar-refractivity contribution in [3.8, 4) is 0 Å². The minimum atomic E-state index is -0.810. The van der Waals surface area contributed by atoms with Crippen molar-refractivity contribution in [2.45, 2.75) is 71.6 Å². The Balaban J connectivity index is 2.09. The lowest BCUT2D eigenvalue weighted by Gasteiger charge is -2.29. The SMILES string of the molecule is CCSSCC(C)C(=O)N1CCC[C@H]1C(=O)N[C@@H](Cc1ccccc1)C(=O)OC(C)(C)C. The Labute approximate surface area is 200 Å². The quantitative estimate of drug-likeness (QED) is 0.309. The number of nitrogens with zero attached hydrogens (tertiary/aromatic N) is 1. The molecular weight excluding hydrogens is 444 g/mol. The summed E-state index contributed by atoms with van der Waals surface area (Å²) >= 11 is 0. The molecule has 0 spiro atoms. The van der Waals surface area contributed by atoms with Gasteiger partial charge in [0.05, 0.1) is 0 Å². The van der Waals surface area contributed by atoms with E-state index in [1.54, 1.807) is 47.3 Å². The van der Waals surface area contributed by atoms with E-state index < -0.39 is 23.7 Å². The number of hydrogen-bond donors (Lipinski definition) is 1. The summed E-state index contributed by atoms with van der Waals surface area (Å²) in [5.41, 5.74) is 0.275. The molecule has 1 fully saturated rings. The van der Waals surface area contributed by atoms with Crippen LogP contribution in [0.5, 0.6) is 0 Å². The highest BCUT2D eigenvalue weighted by molar-refractivity contribution is 8.76. The molecule has 1 unspecified atom stereocenters. The van der Waals surface area contributed by atoms with Crippen molar-refractivity contribution in [2.75, 3.05) is 18.1 Å². The lowest BCUT2D eigenvalue weighted by Crippen LogP contribution is -2.53. The van der Waals surface area contributed by atoms with Crippen molar-refractivity contribution < 1.29 is 19.1 Å². The fourth-order valence-electron chi connectivity index (χ4n) is 3.57. The zero-order chi connectivity index (χ0) is 23.7. The van der Waals surface area contributed by atoms with Gasteiger partial charge in [0.1, 0.15) is 17.7 Å². The highest BCUT2D eigenvalue weighted by Gasteiger charge is 2.38. The maximum Gasteiger partial charge on any atom is 0.329 e. The van der Waals surface area contributed by atoms with Gasteiger partial charge >= 0.3 is 5.97 Å². The molecule has 2 rings (SSSR count). The van der Waals surface area contributed by atoms with E-state index in [1.165, 1.54) is 0 Å². The van der Waals surface area contributed by atoms with Crippen LogP contribution in [0.25, 0.3) is 0 Å². The van der Waals surface area contributed by atoms with Crippen LogP contribution >= 0.6 is 21.6 Å². The first-order valence-corrected chi connectivity index (χ1v) is 13.7. The van der Waals surface area contributed by atoms with E-state index in [0.717, 1.165) is 23.5 Å². The van der Waals surface area contributed by atoms with Gasteiger partial charge < -0.3 is 15.0 Å². The third-order valence-corrected chi connectivity index (χ3v) is 7.72. The number of carbonyl (C=O) groups is 3. The van der Waals surface area contributed by atoms with Crippen LogP contribution in [0.15, 0.2) is 30.3 Å². The maximum absolute atomic E-state index is 13.2. The number of carbonyl (C=O) groups excluding carboxylic acids is 3. The van der Waals surface area contributed by atoms with Crippen LogP contribution in [-0.2, 0) is 25.5 Å². The second kappa shape index (κ2) is 12.5. The molecule has 0 aliphatic carbocycles. The summed E-state index contributed by atoms with van der Waals surface area (Å²) < 4.78 is 5.56. The number of likely N-dealkylation sites (tertiary alicyclic amines) is 1. The summed E-state index contributed by atoms with van der Waals surface area (Å²) in [6.07, 6.45) is 1.72. The molecule has 1 aliphatic rings. The van der Waals surface area contributed by atoms with Crippen molar-refractivity contribution in [1.29, 1.82) is 0 Å². The monoisotopic (exact) mass is 480 g/mol. The fourth-order valence-corrected chi connectivity index (χ4v) is 5.59. The van der Waals surface area contributed by atoms with E-state index in [4.69, 9.17) is 4.74 Å². The molecule has 2 amide bonds. The Bertz CT molecular complexity index is 767. The van der Waals surface area contributed by atoms with Crippen molar-refractivity contribution in [2.24, 2.45) is 5.92 Å². The van der Waals surface area contributed by atoms with Crippen LogP contribution in [-0.4, -0.2) is 58.4 Å². The molecule has 0 radical (unpaired) electrons.